The molecule has 3 aromatic rings. The van der Waals surface area contributed by atoms with E-state index in [0.29, 0.717) is 0 Å². The molecule has 2 heteroatoms. The number of hydrogen-bond acceptors (Lipinski definition) is 2. The Labute approximate surface area is 112 Å². The van der Waals surface area contributed by atoms with Gasteiger partial charge in [0, 0.05) is 11.6 Å². The summed E-state index contributed by atoms with van der Waals surface area (Å²) in [6, 6.07) is 18.3. The van der Waals surface area contributed by atoms with Crippen LogP contribution in [0.3, 0.4) is 0 Å². The Balaban J connectivity index is 2.07. The maximum absolute atomic E-state index is 6.37. The van der Waals surface area contributed by atoms with Gasteiger partial charge in [-0.25, -0.2) is 0 Å². The van der Waals surface area contributed by atoms with E-state index in [0.717, 1.165) is 22.0 Å². The predicted molar refractivity (Wildman–Crippen MR) is 79.0 cm³/mol. The molecule has 1 atom stereocenters. The van der Waals surface area contributed by atoms with Gasteiger partial charge in [0.15, 0.2) is 0 Å². The van der Waals surface area contributed by atoms with E-state index in [1.54, 1.807) is 0 Å². The van der Waals surface area contributed by atoms with E-state index < -0.39 is 0 Å². The molecule has 0 bridgehead atoms. The molecule has 0 fully saturated rings. The molecule has 1 unspecified atom stereocenters. The SMILES string of the molecule is Cc1ccccc1C(N)c1cnc2ccccc2c1. The topological polar surface area (TPSA) is 38.9 Å². The van der Waals surface area contributed by atoms with E-state index >= 15 is 0 Å². The molecule has 19 heavy (non-hydrogen) atoms. The number of rotatable bonds is 2. The van der Waals surface area contributed by atoms with Crippen LogP contribution in [0.4, 0.5) is 0 Å². The molecule has 3 rings (SSSR count). The van der Waals surface area contributed by atoms with Crippen LogP contribution in [0.25, 0.3) is 10.9 Å². The molecule has 0 saturated heterocycles. The predicted octanol–water partition coefficient (Wildman–Crippen LogP) is 3.59. The molecule has 2 nitrogen and oxygen atoms in total. The van der Waals surface area contributed by atoms with Gasteiger partial charge in [0.1, 0.15) is 0 Å². The quantitative estimate of drug-likeness (QED) is 0.752. The number of nitrogens with two attached hydrogens (primary N) is 1. The van der Waals surface area contributed by atoms with Crippen molar-refractivity contribution in [3.8, 4) is 0 Å². The zero-order valence-corrected chi connectivity index (χ0v) is 10.9. The monoisotopic (exact) mass is 248 g/mol. The van der Waals surface area contributed by atoms with Gasteiger partial charge in [0.2, 0.25) is 0 Å². The summed E-state index contributed by atoms with van der Waals surface area (Å²) in [5.74, 6) is 0. The Morgan fingerprint density at radius 3 is 2.58 bits per heavy atom. The summed E-state index contributed by atoms with van der Waals surface area (Å²) in [6.45, 7) is 2.09. The summed E-state index contributed by atoms with van der Waals surface area (Å²) >= 11 is 0. The van der Waals surface area contributed by atoms with Gasteiger partial charge in [-0.1, -0.05) is 42.5 Å². The molecule has 0 aliphatic rings. The first-order valence-corrected chi connectivity index (χ1v) is 6.41. The summed E-state index contributed by atoms with van der Waals surface area (Å²) < 4.78 is 0. The summed E-state index contributed by atoms with van der Waals surface area (Å²) in [6.07, 6.45) is 1.87. The number of hydrogen-bond donors (Lipinski definition) is 1. The number of nitrogens with zero attached hydrogens (tertiary/aromatic N) is 1. The Bertz CT molecular complexity index is 719. The van der Waals surface area contributed by atoms with Crippen LogP contribution in [0, 0.1) is 6.92 Å². The third-order valence-corrected chi connectivity index (χ3v) is 3.49. The third-order valence-electron chi connectivity index (χ3n) is 3.49. The zero-order valence-electron chi connectivity index (χ0n) is 10.9. The first-order chi connectivity index (χ1) is 9.25. The van der Waals surface area contributed by atoms with Gasteiger partial charge in [-0.05, 0) is 35.7 Å². The number of aryl methyl sites for hydroxylation is 1. The van der Waals surface area contributed by atoms with E-state index in [1.165, 1.54) is 5.56 Å². The van der Waals surface area contributed by atoms with Gasteiger partial charge in [-0.2, -0.15) is 0 Å². The largest absolute Gasteiger partial charge is 0.320 e. The highest BCUT2D eigenvalue weighted by Gasteiger charge is 2.11. The van der Waals surface area contributed by atoms with Crippen molar-refractivity contribution in [3.63, 3.8) is 0 Å². The first kappa shape index (κ1) is 11.9. The molecule has 1 aromatic heterocycles. The van der Waals surface area contributed by atoms with Crippen LogP contribution in [-0.4, -0.2) is 4.98 Å². The molecular formula is C17H16N2. The number of para-hydroxylation sites is 1. The van der Waals surface area contributed by atoms with Crippen LogP contribution in [0.1, 0.15) is 22.7 Å². The maximum Gasteiger partial charge on any atom is 0.0702 e. The average molecular weight is 248 g/mol. The number of aromatic nitrogens is 1. The molecule has 0 spiro atoms. The van der Waals surface area contributed by atoms with Crippen molar-refractivity contribution in [2.24, 2.45) is 5.73 Å². The molecular weight excluding hydrogens is 232 g/mol. The minimum Gasteiger partial charge on any atom is -0.320 e. The molecule has 0 aliphatic carbocycles. The van der Waals surface area contributed by atoms with Crippen LogP contribution < -0.4 is 5.73 Å². The van der Waals surface area contributed by atoms with Gasteiger partial charge in [0.25, 0.3) is 0 Å². The van der Waals surface area contributed by atoms with Gasteiger partial charge in [-0.15, -0.1) is 0 Å². The number of benzene rings is 2. The Morgan fingerprint density at radius 2 is 1.74 bits per heavy atom. The second kappa shape index (κ2) is 4.82. The van der Waals surface area contributed by atoms with Crippen molar-refractivity contribution in [3.05, 3.63) is 77.5 Å². The number of pyridine rings is 1. The van der Waals surface area contributed by atoms with Crippen molar-refractivity contribution in [2.75, 3.05) is 0 Å². The summed E-state index contributed by atoms with van der Waals surface area (Å²) in [5, 5.41) is 1.13. The fraction of sp³-hybridized carbons (Fsp3) is 0.118. The van der Waals surface area contributed by atoms with E-state index in [1.807, 2.05) is 36.5 Å². The number of fused-ring (bicyclic) bond motifs is 1. The second-order valence-electron chi connectivity index (χ2n) is 4.80. The van der Waals surface area contributed by atoms with Crippen LogP contribution >= 0.6 is 0 Å². The molecule has 94 valence electrons. The van der Waals surface area contributed by atoms with Crippen LogP contribution in [0.15, 0.2) is 60.8 Å². The maximum atomic E-state index is 6.37. The molecule has 2 aromatic carbocycles. The van der Waals surface area contributed by atoms with Gasteiger partial charge >= 0.3 is 0 Å². The van der Waals surface area contributed by atoms with Gasteiger partial charge in [-0.3, -0.25) is 4.98 Å². The molecule has 0 amide bonds. The smallest absolute Gasteiger partial charge is 0.0702 e. The summed E-state index contributed by atoms with van der Waals surface area (Å²) in [5.41, 5.74) is 10.8. The van der Waals surface area contributed by atoms with E-state index in [4.69, 9.17) is 5.73 Å². The third kappa shape index (κ3) is 2.23. The van der Waals surface area contributed by atoms with Gasteiger partial charge < -0.3 is 5.73 Å². The van der Waals surface area contributed by atoms with Crippen LogP contribution in [-0.2, 0) is 0 Å². The van der Waals surface area contributed by atoms with E-state index in [2.05, 4.69) is 36.2 Å². The van der Waals surface area contributed by atoms with Crippen LogP contribution in [0.5, 0.6) is 0 Å². The Hall–Kier alpha value is -2.19. The summed E-state index contributed by atoms with van der Waals surface area (Å²) in [4.78, 5) is 4.48. The fourth-order valence-corrected chi connectivity index (χ4v) is 2.37. The normalized spacial score (nSPS) is 12.5. The highest BCUT2D eigenvalue weighted by Crippen LogP contribution is 2.24. The highest BCUT2D eigenvalue weighted by molar-refractivity contribution is 5.79. The second-order valence-corrected chi connectivity index (χ2v) is 4.80. The lowest BCUT2D eigenvalue weighted by molar-refractivity contribution is 0.857. The van der Waals surface area contributed by atoms with Crippen molar-refractivity contribution in [1.29, 1.82) is 0 Å². The lowest BCUT2D eigenvalue weighted by Gasteiger charge is -2.15. The fourth-order valence-electron chi connectivity index (χ4n) is 2.37. The Morgan fingerprint density at radius 1 is 1.00 bits per heavy atom. The minimum atomic E-state index is -0.127. The Kier molecular flexibility index (Phi) is 3.02. The molecule has 2 N–H and O–H groups in total. The lowest BCUT2D eigenvalue weighted by atomic mass is 9.96. The van der Waals surface area contributed by atoms with Gasteiger partial charge in [0.05, 0.1) is 11.6 Å². The van der Waals surface area contributed by atoms with Crippen molar-refractivity contribution < 1.29 is 0 Å². The van der Waals surface area contributed by atoms with Crippen molar-refractivity contribution in [2.45, 2.75) is 13.0 Å². The van der Waals surface area contributed by atoms with Crippen LogP contribution in [0.2, 0.25) is 0 Å². The molecule has 0 saturated carbocycles. The zero-order chi connectivity index (χ0) is 13.2. The van der Waals surface area contributed by atoms with Crippen molar-refractivity contribution >= 4 is 10.9 Å². The molecule has 0 radical (unpaired) electrons. The summed E-state index contributed by atoms with van der Waals surface area (Å²) in [7, 11) is 0. The highest BCUT2D eigenvalue weighted by atomic mass is 14.7. The van der Waals surface area contributed by atoms with E-state index in [9.17, 15) is 0 Å². The lowest BCUT2D eigenvalue weighted by Crippen LogP contribution is -2.13. The molecule has 1 heterocycles. The standard InChI is InChI=1S/C17H16N2/c1-12-6-2-4-8-15(12)17(18)14-10-13-7-3-5-9-16(13)19-11-14/h2-11,17H,18H2,1H3. The van der Waals surface area contributed by atoms with E-state index in [-0.39, 0.29) is 6.04 Å². The molecule has 0 aliphatic heterocycles. The average Bonchev–Trinajstić information content (AvgIpc) is 2.46. The first-order valence-electron chi connectivity index (χ1n) is 6.41. The minimum absolute atomic E-state index is 0.127. The van der Waals surface area contributed by atoms with Crippen molar-refractivity contribution in [1.82, 2.24) is 4.98 Å².